The summed E-state index contributed by atoms with van der Waals surface area (Å²) in [6.07, 6.45) is 0.481. The van der Waals surface area contributed by atoms with Crippen molar-refractivity contribution in [3.8, 4) is 5.75 Å². The number of carbonyl (C=O) groups is 3. The highest BCUT2D eigenvalue weighted by atomic mass is 35.5. The van der Waals surface area contributed by atoms with E-state index in [0.717, 1.165) is 5.56 Å². The highest BCUT2D eigenvalue weighted by Crippen LogP contribution is 2.17. The summed E-state index contributed by atoms with van der Waals surface area (Å²) in [5.74, 6) is -1.16. The Morgan fingerprint density at radius 3 is 2.23 bits per heavy atom. The molecule has 0 aliphatic carbocycles. The number of carboxylic acids is 1. The number of aliphatic carboxylic acids is 1. The van der Waals surface area contributed by atoms with Crippen LogP contribution in [-0.4, -0.2) is 23.0 Å². The van der Waals surface area contributed by atoms with Crippen molar-refractivity contribution in [2.24, 2.45) is 0 Å². The monoisotopic (exact) mass is 375 g/mol. The topological polar surface area (TPSA) is 92.7 Å². The minimum atomic E-state index is -0.923. The molecule has 0 unspecified atom stereocenters. The van der Waals surface area contributed by atoms with Crippen molar-refractivity contribution in [2.75, 3.05) is 5.32 Å². The van der Waals surface area contributed by atoms with Crippen LogP contribution in [0.25, 0.3) is 0 Å². The second-order valence-electron chi connectivity index (χ2n) is 5.60. The minimum absolute atomic E-state index is 0.0396. The van der Waals surface area contributed by atoms with Crippen molar-refractivity contribution in [1.82, 2.24) is 0 Å². The summed E-state index contributed by atoms with van der Waals surface area (Å²) in [7, 11) is 0. The van der Waals surface area contributed by atoms with E-state index in [2.05, 4.69) is 5.32 Å². The quantitative estimate of drug-likeness (QED) is 0.542. The number of benzene rings is 2. The number of ether oxygens (including phenoxy) is 1. The smallest absolute Gasteiger partial charge is 0.315 e. The van der Waals surface area contributed by atoms with E-state index in [4.69, 9.17) is 21.4 Å². The summed E-state index contributed by atoms with van der Waals surface area (Å²) in [5.41, 5.74) is 1.33. The SMILES string of the molecule is O=C(O)CCCC(=O)Nc1ccc(CC(=O)Oc2ccc(Cl)cc2)cc1. The van der Waals surface area contributed by atoms with Crippen LogP contribution >= 0.6 is 11.6 Å². The first-order valence-electron chi connectivity index (χ1n) is 7.99. The molecule has 136 valence electrons. The van der Waals surface area contributed by atoms with E-state index in [1.54, 1.807) is 48.5 Å². The molecule has 0 radical (unpaired) electrons. The van der Waals surface area contributed by atoms with Gasteiger partial charge in [-0.15, -0.1) is 0 Å². The lowest BCUT2D eigenvalue weighted by Gasteiger charge is -2.07. The van der Waals surface area contributed by atoms with Crippen LogP contribution in [0.4, 0.5) is 5.69 Å². The molecule has 0 heterocycles. The van der Waals surface area contributed by atoms with Gasteiger partial charge in [-0.25, -0.2) is 0 Å². The Bertz CT molecular complexity index is 772. The largest absolute Gasteiger partial charge is 0.481 e. The molecule has 0 spiro atoms. The zero-order chi connectivity index (χ0) is 18.9. The molecule has 1 amide bonds. The van der Waals surface area contributed by atoms with E-state index >= 15 is 0 Å². The van der Waals surface area contributed by atoms with Crippen molar-refractivity contribution < 1.29 is 24.2 Å². The fourth-order valence-electron chi connectivity index (χ4n) is 2.17. The first kappa shape index (κ1) is 19.5. The Hall–Kier alpha value is -2.86. The Morgan fingerprint density at radius 1 is 0.962 bits per heavy atom. The number of hydrogen-bond acceptors (Lipinski definition) is 4. The van der Waals surface area contributed by atoms with Crippen molar-refractivity contribution in [3.05, 3.63) is 59.1 Å². The summed E-state index contributed by atoms with van der Waals surface area (Å²) in [5, 5.41) is 11.8. The number of halogens is 1. The van der Waals surface area contributed by atoms with Crippen LogP contribution in [0.3, 0.4) is 0 Å². The molecule has 7 heteroatoms. The van der Waals surface area contributed by atoms with Gasteiger partial charge in [-0.05, 0) is 48.4 Å². The van der Waals surface area contributed by atoms with Crippen LogP contribution in [0.15, 0.2) is 48.5 Å². The number of hydrogen-bond donors (Lipinski definition) is 2. The van der Waals surface area contributed by atoms with Gasteiger partial charge in [0.1, 0.15) is 5.75 Å². The number of anilines is 1. The zero-order valence-corrected chi connectivity index (χ0v) is 14.7. The van der Waals surface area contributed by atoms with Gasteiger partial charge in [0.25, 0.3) is 0 Å². The second kappa shape index (κ2) is 9.58. The van der Waals surface area contributed by atoms with Gasteiger partial charge in [-0.2, -0.15) is 0 Å². The summed E-state index contributed by atoms with van der Waals surface area (Å²) < 4.78 is 5.22. The molecule has 0 atom stereocenters. The molecule has 0 aliphatic rings. The third-order valence-electron chi connectivity index (χ3n) is 3.43. The second-order valence-corrected chi connectivity index (χ2v) is 6.03. The van der Waals surface area contributed by atoms with E-state index in [-0.39, 0.29) is 31.6 Å². The molecule has 6 nitrogen and oxygen atoms in total. The number of esters is 1. The predicted octanol–water partition coefficient (Wildman–Crippen LogP) is 3.68. The Balaban J connectivity index is 1.81. The molecule has 2 N–H and O–H groups in total. The maximum absolute atomic E-state index is 11.9. The zero-order valence-electron chi connectivity index (χ0n) is 13.9. The van der Waals surface area contributed by atoms with Gasteiger partial charge < -0.3 is 15.2 Å². The number of nitrogens with one attached hydrogen (secondary N) is 1. The van der Waals surface area contributed by atoms with Gasteiger partial charge in [-0.3, -0.25) is 14.4 Å². The fraction of sp³-hybridized carbons (Fsp3) is 0.211. The summed E-state index contributed by atoms with van der Waals surface area (Å²) >= 11 is 5.77. The van der Waals surface area contributed by atoms with E-state index < -0.39 is 11.9 Å². The van der Waals surface area contributed by atoms with Crippen LogP contribution in [0, 0.1) is 0 Å². The van der Waals surface area contributed by atoms with Crippen LogP contribution in [0.1, 0.15) is 24.8 Å². The number of carboxylic acid groups (broad SMARTS) is 1. The van der Waals surface area contributed by atoms with Crippen LogP contribution in [0.5, 0.6) is 5.75 Å². The molecule has 0 aliphatic heterocycles. The molecule has 0 saturated heterocycles. The number of carbonyl (C=O) groups excluding carboxylic acids is 2. The first-order chi connectivity index (χ1) is 12.4. The Kier molecular flexibility index (Phi) is 7.17. The van der Waals surface area contributed by atoms with Crippen LogP contribution in [0.2, 0.25) is 5.02 Å². The van der Waals surface area contributed by atoms with Crippen LogP contribution in [-0.2, 0) is 20.8 Å². The molecule has 0 saturated carbocycles. The normalized spacial score (nSPS) is 10.2. The lowest BCUT2D eigenvalue weighted by atomic mass is 10.1. The molecule has 2 aromatic rings. The van der Waals surface area contributed by atoms with E-state index in [1.807, 2.05) is 0 Å². The first-order valence-corrected chi connectivity index (χ1v) is 8.37. The average molecular weight is 376 g/mol. The lowest BCUT2D eigenvalue weighted by Crippen LogP contribution is -2.13. The van der Waals surface area contributed by atoms with Gasteiger partial charge in [0.05, 0.1) is 6.42 Å². The number of amides is 1. The van der Waals surface area contributed by atoms with Crippen molar-refractivity contribution in [3.63, 3.8) is 0 Å². The van der Waals surface area contributed by atoms with Crippen molar-refractivity contribution >= 4 is 35.1 Å². The molecular formula is C19H18ClNO5. The number of rotatable bonds is 8. The highest BCUT2D eigenvalue weighted by molar-refractivity contribution is 6.30. The van der Waals surface area contributed by atoms with Crippen molar-refractivity contribution in [1.29, 1.82) is 0 Å². The van der Waals surface area contributed by atoms with Crippen molar-refractivity contribution in [2.45, 2.75) is 25.7 Å². The van der Waals surface area contributed by atoms with Gasteiger partial charge in [0.2, 0.25) is 5.91 Å². The van der Waals surface area contributed by atoms with Gasteiger partial charge in [0.15, 0.2) is 0 Å². The highest BCUT2D eigenvalue weighted by Gasteiger charge is 2.08. The predicted molar refractivity (Wildman–Crippen MR) is 97.3 cm³/mol. The summed E-state index contributed by atoms with van der Waals surface area (Å²) in [6.45, 7) is 0. The Morgan fingerprint density at radius 2 is 1.62 bits per heavy atom. The standard InChI is InChI=1S/C19H18ClNO5/c20-14-6-10-16(11-7-14)26-19(25)12-13-4-8-15(9-5-13)21-17(22)2-1-3-18(23)24/h4-11H,1-3,12H2,(H,21,22)(H,23,24). The third-order valence-corrected chi connectivity index (χ3v) is 3.68. The summed E-state index contributed by atoms with van der Waals surface area (Å²) in [4.78, 5) is 34.0. The molecule has 2 aromatic carbocycles. The van der Waals surface area contributed by atoms with E-state index in [0.29, 0.717) is 16.5 Å². The third kappa shape index (κ3) is 6.94. The molecule has 0 fully saturated rings. The van der Waals surface area contributed by atoms with Gasteiger partial charge in [0, 0.05) is 23.6 Å². The lowest BCUT2D eigenvalue weighted by molar-refractivity contribution is -0.137. The van der Waals surface area contributed by atoms with Gasteiger partial charge in [-0.1, -0.05) is 23.7 Å². The molecule has 26 heavy (non-hydrogen) atoms. The minimum Gasteiger partial charge on any atom is -0.481 e. The maximum atomic E-state index is 11.9. The van der Waals surface area contributed by atoms with E-state index in [1.165, 1.54) is 0 Å². The average Bonchev–Trinajstić information content (AvgIpc) is 2.58. The van der Waals surface area contributed by atoms with Crippen LogP contribution < -0.4 is 10.1 Å². The molecule has 0 bridgehead atoms. The van der Waals surface area contributed by atoms with Gasteiger partial charge >= 0.3 is 11.9 Å². The molecule has 2 rings (SSSR count). The van der Waals surface area contributed by atoms with E-state index in [9.17, 15) is 14.4 Å². The fourth-order valence-corrected chi connectivity index (χ4v) is 2.29. The summed E-state index contributed by atoms with van der Waals surface area (Å²) in [6, 6.07) is 13.3. The molecule has 0 aromatic heterocycles. The Labute approximate surface area is 155 Å². The molecular weight excluding hydrogens is 358 g/mol. The maximum Gasteiger partial charge on any atom is 0.315 e.